The van der Waals surface area contributed by atoms with Gasteiger partial charge < -0.3 is 5.32 Å². The van der Waals surface area contributed by atoms with E-state index in [0.29, 0.717) is 10.3 Å². The van der Waals surface area contributed by atoms with E-state index in [-0.39, 0.29) is 0 Å². The van der Waals surface area contributed by atoms with Gasteiger partial charge in [-0.15, -0.1) is 0 Å². The molecule has 1 saturated carbocycles. The summed E-state index contributed by atoms with van der Waals surface area (Å²) in [6.45, 7) is 0.945. The fraction of sp³-hybridized carbons (Fsp3) is 0.417. The first-order valence-electron chi connectivity index (χ1n) is 5.76. The molecule has 1 fully saturated rings. The molecule has 0 bridgehead atoms. The third-order valence-corrected chi connectivity index (χ3v) is 5.82. The Morgan fingerprint density at radius 1 is 1.28 bits per heavy atom. The minimum absolute atomic E-state index is 0.678. The Hall–Kier alpha value is 0.290. The SMILES string of the molecule is Clc1cc(Br)c(NC2=NCC(C3CC3)S2)c(Br)c1. The summed E-state index contributed by atoms with van der Waals surface area (Å²) in [4.78, 5) is 4.57. The van der Waals surface area contributed by atoms with Gasteiger partial charge in [0.05, 0.1) is 12.2 Å². The van der Waals surface area contributed by atoms with Crippen molar-refractivity contribution < 1.29 is 0 Å². The topological polar surface area (TPSA) is 24.4 Å². The number of thioether (sulfide) groups is 1. The first kappa shape index (κ1) is 13.3. The Morgan fingerprint density at radius 3 is 2.56 bits per heavy atom. The van der Waals surface area contributed by atoms with Crippen molar-refractivity contribution in [2.24, 2.45) is 10.9 Å². The Morgan fingerprint density at radius 2 is 1.94 bits per heavy atom. The van der Waals surface area contributed by atoms with E-state index in [0.717, 1.165) is 32.3 Å². The standard InChI is InChI=1S/C12H11Br2ClN2S/c13-8-3-7(15)4-9(14)11(8)17-12-16-5-10(18-12)6-1-2-6/h3-4,6,10H,1-2,5H2,(H,16,17). The number of nitrogens with one attached hydrogen (secondary N) is 1. The number of nitrogens with zero attached hydrogens (tertiary/aromatic N) is 1. The molecule has 1 atom stereocenters. The maximum atomic E-state index is 5.99. The molecular formula is C12H11Br2ClN2S. The smallest absolute Gasteiger partial charge is 0.161 e. The predicted molar refractivity (Wildman–Crippen MR) is 86.9 cm³/mol. The molecule has 1 aliphatic heterocycles. The molecule has 96 valence electrons. The van der Waals surface area contributed by atoms with Gasteiger partial charge in [-0.1, -0.05) is 23.4 Å². The molecule has 0 radical (unpaired) electrons. The summed E-state index contributed by atoms with van der Waals surface area (Å²) in [7, 11) is 0. The van der Waals surface area contributed by atoms with Gasteiger partial charge in [0, 0.05) is 19.2 Å². The zero-order chi connectivity index (χ0) is 12.7. The maximum absolute atomic E-state index is 5.99. The molecule has 2 aliphatic rings. The predicted octanol–water partition coefficient (Wildman–Crippen LogP) is 5.16. The molecule has 2 nitrogen and oxygen atoms in total. The third-order valence-electron chi connectivity index (χ3n) is 3.06. The number of anilines is 1. The number of hydrogen-bond acceptors (Lipinski definition) is 3. The Bertz CT molecular complexity index is 494. The molecule has 1 unspecified atom stereocenters. The zero-order valence-electron chi connectivity index (χ0n) is 9.42. The molecule has 0 aromatic heterocycles. The van der Waals surface area contributed by atoms with Crippen molar-refractivity contribution in [2.75, 3.05) is 11.9 Å². The average Bonchev–Trinajstić information content (AvgIpc) is 3.04. The van der Waals surface area contributed by atoms with Crippen LogP contribution >= 0.6 is 55.2 Å². The molecular weight excluding hydrogens is 399 g/mol. The maximum Gasteiger partial charge on any atom is 0.161 e. The van der Waals surface area contributed by atoms with Crippen molar-refractivity contribution in [3.05, 3.63) is 26.1 Å². The number of aliphatic imine (C=N–C) groups is 1. The molecule has 0 spiro atoms. The van der Waals surface area contributed by atoms with Gasteiger partial charge in [-0.25, -0.2) is 0 Å². The minimum Gasteiger partial charge on any atom is -0.333 e. The first-order valence-corrected chi connectivity index (χ1v) is 8.60. The third kappa shape index (κ3) is 2.89. The van der Waals surface area contributed by atoms with Crippen LogP contribution in [0.2, 0.25) is 5.02 Å². The molecule has 1 aromatic rings. The van der Waals surface area contributed by atoms with Crippen LogP contribution in [-0.4, -0.2) is 17.0 Å². The highest BCUT2D eigenvalue weighted by molar-refractivity contribution is 9.11. The van der Waals surface area contributed by atoms with E-state index in [4.69, 9.17) is 11.6 Å². The molecule has 1 heterocycles. The van der Waals surface area contributed by atoms with Crippen LogP contribution in [0.15, 0.2) is 26.1 Å². The van der Waals surface area contributed by atoms with Gasteiger partial charge in [-0.05, 0) is 62.8 Å². The van der Waals surface area contributed by atoms with Crippen LogP contribution in [0.25, 0.3) is 0 Å². The van der Waals surface area contributed by atoms with E-state index in [9.17, 15) is 0 Å². The quantitative estimate of drug-likeness (QED) is 0.728. The summed E-state index contributed by atoms with van der Waals surface area (Å²) in [6, 6.07) is 3.76. The van der Waals surface area contributed by atoms with Gasteiger partial charge in [0.1, 0.15) is 0 Å². The highest BCUT2D eigenvalue weighted by Gasteiger charge is 2.35. The van der Waals surface area contributed by atoms with Crippen molar-refractivity contribution in [1.29, 1.82) is 0 Å². The summed E-state index contributed by atoms with van der Waals surface area (Å²) in [5, 5.41) is 5.77. The zero-order valence-corrected chi connectivity index (χ0v) is 14.2. The summed E-state index contributed by atoms with van der Waals surface area (Å²) in [5.41, 5.74) is 0.988. The van der Waals surface area contributed by atoms with Gasteiger partial charge >= 0.3 is 0 Å². The molecule has 1 N–H and O–H groups in total. The second kappa shape index (κ2) is 5.35. The van der Waals surface area contributed by atoms with E-state index in [1.165, 1.54) is 12.8 Å². The number of halogens is 3. The van der Waals surface area contributed by atoms with Crippen LogP contribution in [0.1, 0.15) is 12.8 Å². The Kier molecular flexibility index (Phi) is 3.95. The fourth-order valence-corrected chi connectivity index (χ4v) is 5.02. The van der Waals surface area contributed by atoms with Crippen LogP contribution in [-0.2, 0) is 0 Å². The molecule has 0 amide bonds. The lowest BCUT2D eigenvalue weighted by Crippen LogP contribution is -2.09. The van der Waals surface area contributed by atoms with Crippen LogP contribution < -0.4 is 5.32 Å². The normalized spacial score (nSPS) is 23.1. The lowest BCUT2D eigenvalue weighted by molar-refractivity contribution is 0.773. The molecule has 1 aliphatic carbocycles. The summed E-state index contributed by atoms with van der Waals surface area (Å²) < 4.78 is 1.89. The van der Waals surface area contributed by atoms with Crippen molar-refractivity contribution in [3.63, 3.8) is 0 Å². The van der Waals surface area contributed by atoms with E-state index >= 15 is 0 Å². The Labute approximate surface area is 132 Å². The van der Waals surface area contributed by atoms with E-state index in [1.807, 2.05) is 23.9 Å². The van der Waals surface area contributed by atoms with Crippen LogP contribution in [0, 0.1) is 5.92 Å². The molecule has 3 rings (SSSR count). The monoisotopic (exact) mass is 408 g/mol. The van der Waals surface area contributed by atoms with Gasteiger partial charge in [0.2, 0.25) is 0 Å². The summed E-state index contributed by atoms with van der Waals surface area (Å²) in [5.74, 6) is 0.884. The lowest BCUT2D eigenvalue weighted by atomic mass is 10.3. The number of benzene rings is 1. The summed E-state index contributed by atoms with van der Waals surface area (Å²) >= 11 is 14.9. The van der Waals surface area contributed by atoms with Crippen LogP contribution in [0.4, 0.5) is 5.69 Å². The van der Waals surface area contributed by atoms with Gasteiger partial charge in [0.25, 0.3) is 0 Å². The first-order chi connectivity index (χ1) is 8.63. The fourth-order valence-electron chi connectivity index (χ4n) is 1.94. The van der Waals surface area contributed by atoms with Gasteiger partial charge in [0.15, 0.2) is 5.17 Å². The van der Waals surface area contributed by atoms with E-state index in [1.54, 1.807) is 0 Å². The number of rotatable bonds is 2. The number of amidine groups is 1. The second-order valence-electron chi connectivity index (χ2n) is 4.51. The molecule has 1 aromatic carbocycles. The lowest BCUT2D eigenvalue weighted by Gasteiger charge is -2.11. The van der Waals surface area contributed by atoms with Gasteiger partial charge in [-0.2, -0.15) is 0 Å². The van der Waals surface area contributed by atoms with Crippen molar-refractivity contribution in [1.82, 2.24) is 0 Å². The molecule has 6 heteroatoms. The average molecular weight is 411 g/mol. The largest absolute Gasteiger partial charge is 0.333 e. The van der Waals surface area contributed by atoms with Crippen molar-refractivity contribution >= 4 is 66.1 Å². The molecule has 18 heavy (non-hydrogen) atoms. The van der Waals surface area contributed by atoms with Gasteiger partial charge in [-0.3, -0.25) is 4.99 Å². The summed E-state index contributed by atoms with van der Waals surface area (Å²) in [6.07, 6.45) is 2.74. The highest BCUT2D eigenvalue weighted by atomic mass is 79.9. The van der Waals surface area contributed by atoms with Crippen molar-refractivity contribution in [3.8, 4) is 0 Å². The van der Waals surface area contributed by atoms with Crippen molar-refractivity contribution in [2.45, 2.75) is 18.1 Å². The van der Waals surface area contributed by atoms with E-state index < -0.39 is 0 Å². The Balaban J connectivity index is 1.73. The van der Waals surface area contributed by atoms with E-state index in [2.05, 4.69) is 42.2 Å². The number of hydrogen-bond donors (Lipinski definition) is 1. The minimum atomic E-state index is 0.678. The molecule has 0 saturated heterocycles. The second-order valence-corrected chi connectivity index (χ2v) is 7.88. The van der Waals surface area contributed by atoms with Crippen LogP contribution in [0.3, 0.4) is 0 Å². The highest BCUT2D eigenvalue weighted by Crippen LogP contribution is 2.43. The van der Waals surface area contributed by atoms with Crippen LogP contribution in [0.5, 0.6) is 0 Å².